The number of aryl methyl sites for hydroxylation is 2. The van der Waals surface area contributed by atoms with E-state index in [1.807, 2.05) is 0 Å². The summed E-state index contributed by atoms with van der Waals surface area (Å²) in [5.41, 5.74) is 2.51. The van der Waals surface area contributed by atoms with Crippen LogP contribution in [0.3, 0.4) is 0 Å². The summed E-state index contributed by atoms with van der Waals surface area (Å²) in [6.45, 7) is 7.52. The Labute approximate surface area is 132 Å². The molecule has 0 aliphatic rings. The number of halogens is 1. The van der Waals surface area contributed by atoms with E-state index in [1.54, 1.807) is 27.7 Å². The molecule has 0 amide bonds. The van der Waals surface area contributed by atoms with Crippen molar-refractivity contribution in [3.05, 3.63) is 28.1 Å². The maximum Gasteiger partial charge on any atom is 0.340 e. The van der Waals surface area contributed by atoms with Gasteiger partial charge in [0.25, 0.3) is 0 Å². The highest BCUT2D eigenvalue weighted by atomic mass is 127. The SMILES string of the molecule is CCOC(=O)c1c(C)nc(C)c(C(=O)OCC)c1CI. The molecule has 110 valence electrons. The van der Waals surface area contributed by atoms with Crippen molar-refractivity contribution in [2.24, 2.45) is 0 Å². The van der Waals surface area contributed by atoms with Crippen LogP contribution in [-0.4, -0.2) is 30.1 Å². The van der Waals surface area contributed by atoms with Gasteiger partial charge in [0.15, 0.2) is 0 Å². The first kappa shape index (κ1) is 16.9. The third-order valence-corrected chi connectivity index (χ3v) is 3.52. The van der Waals surface area contributed by atoms with Gasteiger partial charge in [0.05, 0.1) is 35.7 Å². The van der Waals surface area contributed by atoms with Crippen molar-refractivity contribution >= 4 is 34.5 Å². The Balaban J connectivity index is 3.48. The van der Waals surface area contributed by atoms with Crippen LogP contribution in [0.15, 0.2) is 0 Å². The van der Waals surface area contributed by atoms with Gasteiger partial charge in [0.2, 0.25) is 0 Å². The van der Waals surface area contributed by atoms with Crippen LogP contribution in [0.5, 0.6) is 0 Å². The molecule has 1 heterocycles. The van der Waals surface area contributed by atoms with E-state index in [-0.39, 0.29) is 13.2 Å². The molecule has 1 aromatic heterocycles. The molecule has 0 aliphatic carbocycles. The molecule has 0 bridgehead atoms. The largest absolute Gasteiger partial charge is 0.462 e. The zero-order valence-corrected chi connectivity index (χ0v) is 14.2. The van der Waals surface area contributed by atoms with E-state index < -0.39 is 11.9 Å². The average molecular weight is 391 g/mol. The van der Waals surface area contributed by atoms with E-state index in [0.717, 1.165) is 0 Å². The number of hydrogen-bond acceptors (Lipinski definition) is 5. The molecule has 0 radical (unpaired) electrons. The highest BCUT2D eigenvalue weighted by Gasteiger charge is 2.25. The van der Waals surface area contributed by atoms with Crippen LogP contribution in [0.4, 0.5) is 0 Å². The first-order valence-electron chi connectivity index (χ1n) is 6.38. The van der Waals surface area contributed by atoms with Crippen LogP contribution in [0.2, 0.25) is 0 Å². The second-order valence-electron chi connectivity index (χ2n) is 4.09. The first-order chi connectivity index (χ1) is 9.47. The summed E-state index contributed by atoms with van der Waals surface area (Å²) < 4.78 is 10.6. The van der Waals surface area contributed by atoms with Crippen LogP contribution in [0.1, 0.15) is 51.5 Å². The zero-order valence-electron chi connectivity index (χ0n) is 12.1. The third-order valence-electron chi connectivity index (χ3n) is 2.76. The highest BCUT2D eigenvalue weighted by Crippen LogP contribution is 2.25. The van der Waals surface area contributed by atoms with Gasteiger partial charge in [-0.05, 0) is 33.3 Å². The number of alkyl halides is 1. The molecular weight excluding hydrogens is 373 g/mol. The van der Waals surface area contributed by atoms with Gasteiger partial charge in [-0.3, -0.25) is 4.98 Å². The Morgan fingerprint density at radius 3 is 1.70 bits per heavy atom. The predicted octanol–water partition coefficient (Wildman–Crippen LogP) is 2.99. The van der Waals surface area contributed by atoms with Crippen LogP contribution >= 0.6 is 22.6 Å². The third kappa shape index (κ3) is 3.47. The molecule has 0 fully saturated rings. The second kappa shape index (κ2) is 7.56. The maximum absolute atomic E-state index is 12.1. The van der Waals surface area contributed by atoms with E-state index in [1.165, 1.54) is 0 Å². The number of rotatable bonds is 5. The van der Waals surface area contributed by atoms with Gasteiger partial charge in [-0.15, -0.1) is 0 Å². The van der Waals surface area contributed by atoms with Crippen molar-refractivity contribution in [2.75, 3.05) is 13.2 Å². The molecule has 0 aromatic carbocycles. The van der Waals surface area contributed by atoms with Crippen LogP contribution in [0, 0.1) is 13.8 Å². The summed E-state index contributed by atoms with van der Waals surface area (Å²) in [6, 6.07) is 0. The zero-order chi connectivity index (χ0) is 15.3. The predicted molar refractivity (Wildman–Crippen MR) is 83.3 cm³/mol. The summed E-state index contributed by atoms with van der Waals surface area (Å²) in [4.78, 5) is 28.4. The minimum atomic E-state index is -0.449. The van der Waals surface area contributed by atoms with E-state index in [9.17, 15) is 9.59 Å². The van der Waals surface area contributed by atoms with E-state index in [0.29, 0.717) is 32.5 Å². The lowest BCUT2D eigenvalue weighted by atomic mass is 10.00. The number of ether oxygens (including phenoxy) is 2. The number of pyridine rings is 1. The van der Waals surface area contributed by atoms with Crippen LogP contribution < -0.4 is 0 Å². The van der Waals surface area contributed by atoms with Crippen molar-refractivity contribution in [3.8, 4) is 0 Å². The summed E-state index contributed by atoms with van der Waals surface area (Å²) in [7, 11) is 0. The second-order valence-corrected chi connectivity index (χ2v) is 4.85. The van der Waals surface area contributed by atoms with E-state index in [2.05, 4.69) is 27.6 Å². The summed E-state index contributed by atoms with van der Waals surface area (Å²) in [5, 5.41) is 0. The Kier molecular flexibility index (Phi) is 6.38. The fraction of sp³-hybridized carbons (Fsp3) is 0.500. The minimum Gasteiger partial charge on any atom is -0.462 e. The Morgan fingerprint density at radius 2 is 1.40 bits per heavy atom. The molecule has 5 nitrogen and oxygen atoms in total. The normalized spacial score (nSPS) is 10.2. The molecule has 0 aliphatic heterocycles. The van der Waals surface area contributed by atoms with Crippen molar-refractivity contribution in [3.63, 3.8) is 0 Å². The molecule has 1 rings (SSSR count). The highest BCUT2D eigenvalue weighted by molar-refractivity contribution is 14.1. The molecule has 0 spiro atoms. The molecule has 0 atom stereocenters. The fourth-order valence-electron chi connectivity index (χ4n) is 2.01. The minimum absolute atomic E-state index is 0.279. The van der Waals surface area contributed by atoms with E-state index >= 15 is 0 Å². The topological polar surface area (TPSA) is 65.5 Å². The van der Waals surface area contributed by atoms with Crippen molar-refractivity contribution in [1.29, 1.82) is 0 Å². The Morgan fingerprint density at radius 1 is 1.00 bits per heavy atom. The van der Waals surface area contributed by atoms with Gasteiger partial charge in [-0.2, -0.15) is 0 Å². The van der Waals surface area contributed by atoms with Crippen LogP contribution in [-0.2, 0) is 13.9 Å². The summed E-state index contributed by atoms with van der Waals surface area (Å²) in [6.07, 6.45) is 0. The van der Waals surface area contributed by atoms with Gasteiger partial charge >= 0.3 is 11.9 Å². The molecule has 0 saturated carbocycles. The van der Waals surface area contributed by atoms with Crippen molar-refractivity contribution in [1.82, 2.24) is 4.98 Å². The quantitative estimate of drug-likeness (QED) is 0.439. The lowest BCUT2D eigenvalue weighted by molar-refractivity contribution is 0.0521. The maximum atomic E-state index is 12.1. The Hall–Kier alpha value is -1.18. The molecule has 20 heavy (non-hydrogen) atoms. The van der Waals surface area contributed by atoms with Gasteiger partial charge in [-0.1, -0.05) is 22.6 Å². The van der Waals surface area contributed by atoms with E-state index in [4.69, 9.17) is 9.47 Å². The van der Waals surface area contributed by atoms with Gasteiger partial charge in [-0.25, -0.2) is 9.59 Å². The smallest absolute Gasteiger partial charge is 0.340 e. The lowest BCUT2D eigenvalue weighted by Gasteiger charge is -2.15. The number of aromatic nitrogens is 1. The monoisotopic (exact) mass is 391 g/mol. The molecule has 0 unspecified atom stereocenters. The van der Waals surface area contributed by atoms with Crippen molar-refractivity contribution < 1.29 is 19.1 Å². The molecular formula is C14H18INO4. The number of nitrogens with zero attached hydrogens (tertiary/aromatic N) is 1. The molecule has 6 heteroatoms. The first-order valence-corrected chi connectivity index (χ1v) is 7.90. The molecule has 0 N–H and O–H groups in total. The number of hydrogen-bond donors (Lipinski definition) is 0. The van der Waals surface area contributed by atoms with Crippen molar-refractivity contribution in [2.45, 2.75) is 32.1 Å². The Bertz CT molecular complexity index is 486. The standard InChI is InChI=1S/C14H18INO4/c1-5-19-13(17)11-8(3)16-9(4)12(10(11)7-15)14(18)20-6-2/h5-7H2,1-4H3. The fourth-order valence-corrected chi connectivity index (χ4v) is 2.77. The summed E-state index contributed by atoms with van der Waals surface area (Å²) in [5.74, 6) is -0.899. The summed E-state index contributed by atoms with van der Waals surface area (Å²) >= 11 is 2.12. The lowest BCUT2D eigenvalue weighted by Crippen LogP contribution is -2.18. The average Bonchev–Trinajstić information content (AvgIpc) is 2.37. The molecule has 0 saturated heterocycles. The van der Waals surface area contributed by atoms with Gasteiger partial charge in [0.1, 0.15) is 0 Å². The number of carbonyl (C=O) groups excluding carboxylic acids is 2. The van der Waals surface area contributed by atoms with Gasteiger partial charge < -0.3 is 9.47 Å². The number of esters is 2. The number of carbonyl (C=O) groups is 2. The van der Waals surface area contributed by atoms with Crippen LogP contribution in [0.25, 0.3) is 0 Å². The van der Waals surface area contributed by atoms with Gasteiger partial charge in [0, 0.05) is 4.43 Å². The molecule has 1 aromatic rings.